The van der Waals surface area contributed by atoms with Crippen molar-refractivity contribution in [2.75, 3.05) is 19.4 Å². The molecule has 0 saturated heterocycles. The van der Waals surface area contributed by atoms with E-state index in [1.165, 1.54) is 11.8 Å². The molecule has 7 heteroatoms. The van der Waals surface area contributed by atoms with E-state index in [4.69, 9.17) is 9.72 Å². The maximum atomic E-state index is 13.3. The first-order valence-corrected chi connectivity index (χ1v) is 11.9. The van der Waals surface area contributed by atoms with Gasteiger partial charge >= 0.3 is 0 Å². The first-order chi connectivity index (χ1) is 15.3. The van der Waals surface area contributed by atoms with Gasteiger partial charge in [0.1, 0.15) is 5.75 Å². The minimum Gasteiger partial charge on any atom is -0.496 e. The molecule has 0 bridgehead atoms. The fourth-order valence-corrected chi connectivity index (χ4v) is 4.77. The van der Waals surface area contributed by atoms with Crippen molar-refractivity contribution in [2.24, 2.45) is 0 Å². The Morgan fingerprint density at radius 3 is 2.41 bits per heavy atom. The zero-order valence-corrected chi connectivity index (χ0v) is 20.2. The Kier molecular flexibility index (Phi) is 8.10. The van der Waals surface area contributed by atoms with Crippen LogP contribution in [-0.4, -0.2) is 51.7 Å². The van der Waals surface area contributed by atoms with Gasteiger partial charge in [0.2, 0.25) is 0 Å². The standard InChI is InChI=1S/C25H31N3O3S/c1-17(2)27(18(3)4)14-15-28-24(30)19-10-6-8-12-21(19)26-25(28)32-16-22(29)20-11-7-9-13-23(20)31-5/h6-13,17-18H,14-16H2,1-5H3. The summed E-state index contributed by atoms with van der Waals surface area (Å²) in [5.41, 5.74) is 1.10. The van der Waals surface area contributed by atoms with Crippen molar-refractivity contribution in [1.82, 2.24) is 14.5 Å². The molecule has 0 N–H and O–H groups in total. The second-order valence-electron chi connectivity index (χ2n) is 8.21. The number of rotatable bonds is 10. The summed E-state index contributed by atoms with van der Waals surface area (Å²) < 4.78 is 7.03. The molecule has 0 aliphatic carbocycles. The summed E-state index contributed by atoms with van der Waals surface area (Å²) in [6.07, 6.45) is 0. The first-order valence-electron chi connectivity index (χ1n) is 10.9. The number of Topliss-reactive ketones (excluding diaryl/α,β-unsaturated/α-hetero) is 1. The third-order valence-electron chi connectivity index (χ3n) is 5.47. The summed E-state index contributed by atoms with van der Waals surface area (Å²) in [4.78, 5) is 33.3. The summed E-state index contributed by atoms with van der Waals surface area (Å²) in [7, 11) is 1.55. The Labute approximate surface area is 193 Å². The van der Waals surface area contributed by atoms with Gasteiger partial charge in [-0.05, 0) is 52.0 Å². The first kappa shape index (κ1) is 24.0. The fraction of sp³-hybridized carbons (Fsp3) is 0.400. The number of hydrogen-bond donors (Lipinski definition) is 0. The molecule has 0 unspecified atom stereocenters. The summed E-state index contributed by atoms with van der Waals surface area (Å²) in [6.45, 7) is 9.86. The number of ether oxygens (including phenoxy) is 1. The number of ketones is 1. The van der Waals surface area contributed by atoms with Crippen LogP contribution in [0, 0.1) is 0 Å². The second-order valence-corrected chi connectivity index (χ2v) is 9.15. The number of thioether (sulfide) groups is 1. The Bertz CT molecular complexity index is 1130. The molecule has 6 nitrogen and oxygen atoms in total. The van der Waals surface area contributed by atoms with E-state index < -0.39 is 0 Å². The highest BCUT2D eigenvalue weighted by molar-refractivity contribution is 7.99. The smallest absolute Gasteiger partial charge is 0.262 e. The Morgan fingerprint density at radius 2 is 1.72 bits per heavy atom. The van der Waals surface area contributed by atoms with Crippen LogP contribution in [0.4, 0.5) is 0 Å². The lowest BCUT2D eigenvalue weighted by Gasteiger charge is -2.30. The molecule has 0 aliphatic rings. The van der Waals surface area contributed by atoms with Crippen LogP contribution in [-0.2, 0) is 6.54 Å². The predicted molar refractivity (Wildman–Crippen MR) is 131 cm³/mol. The largest absolute Gasteiger partial charge is 0.496 e. The molecule has 0 spiro atoms. The lowest BCUT2D eigenvalue weighted by molar-refractivity contribution is 0.101. The topological polar surface area (TPSA) is 64.4 Å². The Morgan fingerprint density at radius 1 is 1.06 bits per heavy atom. The van der Waals surface area contributed by atoms with Crippen molar-refractivity contribution in [2.45, 2.75) is 51.5 Å². The normalized spacial score (nSPS) is 11.6. The third-order valence-corrected chi connectivity index (χ3v) is 6.45. The maximum Gasteiger partial charge on any atom is 0.262 e. The molecule has 170 valence electrons. The van der Waals surface area contributed by atoms with Crippen LogP contribution in [0.3, 0.4) is 0 Å². The number of fused-ring (bicyclic) bond motifs is 1. The molecule has 0 saturated carbocycles. The predicted octanol–water partition coefficient (Wildman–Crippen LogP) is 4.50. The summed E-state index contributed by atoms with van der Waals surface area (Å²) in [5, 5.41) is 1.15. The van der Waals surface area contributed by atoms with E-state index in [9.17, 15) is 9.59 Å². The van der Waals surface area contributed by atoms with Gasteiger partial charge in [0, 0.05) is 25.2 Å². The van der Waals surface area contributed by atoms with E-state index in [0.717, 1.165) is 6.54 Å². The van der Waals surface area contributed by atoms with E-state index in [0.29, 0.717) is 46.0 Å². The van der Waals surface area contributed by atoms with Crippen LogP contribution in [0.2, 0.25) is 0 Å². The molecule has 1 aromatic heterocycles. The molecular formula is C25H31N3O3S. The Hall–Kier alpha value is -2.64. The molecular weight excluding hydrogens is 422 g/mol. The van der Waals surface area contributed by atoms with Gasteiger partial charge in [-0.15, -0.1) is 0 Å². The third kappa shape index (κ3) is 5.40. The van der Waals surface area contributed by atoms with Crippen LogP contribution in [0.25, 0.3) is 10.9 Å². The average molecular weight is 454 g/mol. The number of aromatic nitrogens is 2. The SMILES string of the molecule is COc1ccccc1C(=O)CSc1nc2ccccc2c(=O)n1CCN(C(C)C)C(C)C. The number of hydrogen-bond acceptors (Lipinski definition) is 6. The number of para-hydroxylation sites is 2. The molecule has 0 aliphatic heterocycles. The van der Waals surface area contributed by atoms with Gasteiger partial charge in [-0.25, -0.2) is 4.98 Å². The van der Waals surface area contributed by atoms with Crippen LogP contribution in [0.5, 0.6) is 5.75 Å². The van der Waals surface area contributed by atoms with E-state index in [1.807, 2.05) is 30.3 Å². The quantitative estimate of drug-likeness (QED) is 0.256. The van der Waals surface area contributed by atoms with E-state index in [2.05, 4.69) is 32.6 Å². The maximum absolute atomic E-state index is 13.3. The lowest BCUT2D eigenvalue weighted by Crippen LogP contribution is -2.40. The number of carbonyl (C=O) groups is 1. The summed E-state index contributed by atoms with van der Waals surface area (Å²) in [6, 6.07) is 15.3. The van der Waals surface area contributed by atoms with Gasteiger partial charge in [0.15, 0.2) is 10.9 Å². The van der Waals surface area contributed by atoms with Gasteiger partial charge < -0.3 is 4.74 Å². The average Bonchev–Trinajstić information content (AvgIpc) is 2.78. The Balaban J connectivity index is 1.91. The van der Waals surface area contributed by atoms with Crippen molar-refractivity contribution in [3.05, 3.63) is 64.4 Å². The van der Waals surface area contributed by atoms with Crippen molar-refractivity contribution < 1.29 is 9.53 Å². The fourth-order valence-electron chi connectivity index (χ4n) is 3.87. The zero-order chi connectivity index (χ0) is 23.3. The van der Waals surface area contributed by atoms with Gasteiger partial charge in [-0.1, -0.05) is 36.0 Å². The molecule has 0 fully saturated rings. The molecule has 0 atom stereocenters. The number of nitrogens with zero attached hydrogens (tertiary/aromatic N) is 3. The number of methoxy groups -OCH3 is 1. The van der Waals surface area contributed by atoms with E-state index >= 15 is 0 Å². The molecule has 3 rings (SSSR count). The van der Waals surface area contributed by atoms with Gasteiger partial charge in [-0.3, -0.25) is 19.1 Å². The van der Waals surface area contributed by atoms with Crippen molar-refractivity contribution >= 4 is 28.4 Å². The van der Waals surface area contributed by atoms with E-state index in [-0.39, 0.29) is 17.1 Å². The number of carbonyl (C=O) groups excluding carboxylic acids is 1. The zero-order valence-electron chi connectivity index (χ0n) is 19.4. The van der Waals surface area contributed by atoms with Crippen LogP contribution in [0.15, 0.2) is 58.5 Å². The molecule has 1 heterocycles. The highest BCUT2D eigenvalue weighted by atomic mass is 32.2. The number of benzene rings is 2. The van der Waals surface area contributed by atoms with Crippen LogP contribution >= 0.6 is 11.8 Å². The molecule has 32 heavy (non-hydrogen) atoms. The summed E-state index contributed by atoms with van der Waals surface area (Å²) in [5.74, 6) is 0.655. The second kappa shape index (κ2) is 10.8. The van der Waals surface area contributed by atoms with E-state index in [1.54, 1.807) is 29.9 Å². The van der Waals surface area contributed by atoms with Crippen molar-refractivity contribution in [1.29, 1.82) is 0 Å². The lowest BCUT2D eigenvalue weighted by atomic mass is 10.1. The monoisotopic (exact) mass is 453 g/mol. The minimum atomic E-state index is -0.0738. The van der Waals surface area contributed by atoms with Gasteiger partial charge in [0.05, 0.1) is 29.3 Å². The molecule has 2 aromatic carbocycles. The van der Waals surface area contributed by atoms with Crippen LogP contribution < -0.4 is 10.3 Å². The van der Waals surface area contributed by atoms with Gasteiger partial charge in [0.25, 0.3) is 5.56 Å². The molecule has 0 amide bonds. The minimum absolute atomic E-state index is 0.0626. The van der Waals surface area contributed by atoms with Crippen molar-refractivity contribution in [3.8, 4) is 5.75 Å². The van der Waals surface area contributed by atoms with Crippen molar-refractivity contribution in [3.63, 3.8) is 0 Å². The summed E-state index contributed by atoms with van der Waals surface area (Å²) >= 11 is 1.29. The highest BCUT2D eigenvalue weighted by Crippen LogP contribution is 2.23. The molecule has 3 aromatic rings. The van der Waals surface area contributed by atoms with Gasteiger partial charge in [-0.2, -0.15) is 0 Å². The molecule has 0 radical (unpaired) electrons. The highest BCUT2D eigenvalue weighted by Gasteiger charge is 2.18. The van der Waals surface area contributed by atoms with Crippen LogP contribution in [0.1, 0.15) is 38.1 Å².